The van der Waals surface area contributed by atoms with Crippen molar-refractivity contribution in [3.8, 4) is 0 Å². The minimum atomic E-state index is -1.05. The van der Waals surface area contributed by atoms with Crippen molar-refractivity contribution < 1.29 is 18.0 Å². The maximum Gasteiger partial charge on any atom is 0.255 e. The van der Waals surface area contributed by atoms with E-state index in [1.54, 1.807) is 0 Å². The summed E-state index contributed by atoms with van der Waals surface area (Å²) in [5.74, 6) is -3.03. The first kappa shape index (κ1) is 12.2. The first-order valence-corrected chi connectivity index (χ1v) is 5.08. The highest BCUT2D eigenvalue weighted by Gasteiger charge is 2.08. The number of rotatable bonds is 2. The number of anilines is 1. The van der Waals surface area contributed by atoms with Crippen LogP contribution in [-0.2, 0) is 0 Å². The van der Waals surface area contributed by atoms with Crippen molar-refractivity contribution in [1.29, 1.82) is 0 Å². The summed E-state index contributed by atoms with van der Waals surface area (Å²) in [6.45, 7) is 0. The fraction of sp³-hybridized carbons (Fsp3) is 0. The molecule has 2 aromatic rings. The van der Waals surface area contributed by atoms with E-state index in [2.05, 4.69) is 5.32 Å². The normalized spacial score (nSPS) is 10.2. The van der Waals surface area contributed by atoms with Crippen LogP contribution in [0.2, 0.25) is 0 Å². The monoisotopic (exact) mass is 251 g/mol. The zero-order chi connectivity index (χ0) is 13.1. The maximum absolute atomic E-state index is 12.9. The number of hydrogen-bond donors (Lipinski definition) is 1. The number of hydrogen-bond acceptors (Lipinski definition) is 1. The molecule has 0 heterocycles. The van der Waals surface area contributed by atoms with Gasteiger partial charge in [0.2, 0.25) is 0 Å². The molecule has 2 rings (SSSR count). The van der Waals surface area contributed by atoms with E-state index in [0.29, 0.717) is 0 Å². The Bertz CT molecular complexity index is 581. The molecule has 1 amide bonds. The number of amides is 1. The van der Waals surface area contributed by atoms with Crippen LogP contribution in [0.25, 0.3) is 0 Å². The van der Waals surface area contributed by atoms with Crippen LogP contribution in [0.15, 0.2) is 42.5 Å². The molecular formula is C13H8F3NO. The van der Waals surface area contributed by atoms with Gasteiger partial charge in [0.15, 0.2) is 11.6 Å². The fourth-order valence-corrected chi connectivity index (χ4v) is 1.38. The largest absolute Gasteiger partial charge is 0.322 e. The van der Waals surface area contributed by atoms with Gasteiger partial charge in [-0.1, -0.05) is 0 Å². The molecule has 0 atom stereocenters. The van der Waals surface area contributed by atoms with Gasteiger partial charge in [-0.2, -0.15) is 0 Å². The average Bonchev–Trinajstić information content (AvgIpc) is 2.34. The Hall–Kier alpha value is -2.30. The van der Waals surface area contributed by atoms with Crippen molar-refractivity contribution in [2.24, 2.45) is 0 Å². The molecule has 5 heteroatoms. The molecule has 0 spiro atoms. The van der Waals surface area contributed by atoms with Crippen LogP contribution in [0.5, 0.6) is 0 Å². The Morgan fingerprint density at radius 2 is 1.56 bits per heavy atom. The predicted octanol–water partition coefficient (Wildman–Crippen LogP) is 3.36. The van der Waals surface area contributed by atoms with Crippen molar-refractivity contribution in [2.75, 3.05) is 5.32 Å². The molecule has 0 aliphatic rings. The van der Waals surface area contributed by atoms with Crippen LogP contribution in [0.4, 0.5) is 18.9 Å². The molecule has 0 fully saturated rings. The van der Waals surface area contributed by atoms with Crippen molar-refractivity contribution in [1.82, 2.24) is 0 Å². The van der Waals surface area contributed by atoms with Crippen LogP contribution in [-0.4, -0.2) is 5.91 Å². The smallest absolute Gasteiger partial charge is 0.255 e. The summed E-state index contributed by atoms with van der Waals surface area (Å²) >= 11 is 0. The summed E-state index contributed by atoms with van der Waals surface area (Å²) in [5, 5.41) is 2.38. The molecule has 18 heavy (non-hydrogen) atoms. The van der Waals surface area contributed by atoms with Gasteiger partial charge in [0.1, 0.15) is 5.82 Å². The van der Waals surface area contributed by atoms with Gasteiger partial charge >= 0.3 is 0 Å². The van der Waals surface area contributed by atoms with E-state index in [1.807, 2.05) is 0 Å². The second kappa shape index (κ2) is 4.91. The second-order valence-electron chi connectivity index (χ2n) is 3.59. The van der Waals surface area contributed by atoms with Crippen LogP contribution >= 0.6 is 0 Å². The fourth-order valence-electron chi connectivity index (χ4n) is 1.38. The highest BCUT2D eigenvalue weighted by atomic mass is 19.2. The number of halogens is 3. The molecule has 0 unspecified atom stereocenters. The van der Waals surface area contributed by atoms with Crippen molar-refractivity contribution in [2.45, 2.75) is 0 Å². The quantitative estimate of drug-likeness (QED) is 0.871. The lowest BCUT2D eigenvalue weighted by Crippen LogP contribution is -2.12. The summed E-state index contributed by atoms with van der Waals surface area (Å²) in [7, 11) is 0. The third-order valence-corrected chi connectivity index (χ3v) is 2.28. The summed E-state index contributed by atoms with van der Waals surface area (Å²) in [6.07, 6.45) is 0. The molecule has 0 aromatic heterocycles. The number of benzene rings is 2. The Kier molecular flexibility index (Phi) is 3.32. The first-order chi connectivity index (χ1) is 8.56. The lowest BCUT2D eigenvalue weighted by Gasteiger charge is -2.05. The molecule has 0 saturated carbocycles. The minimum absolute atomic E-state index is 0.128. The van der Waals surface area contributed by atoms with E-state index < -0.39 is 23.4 Å². The minimum Gasteiger partial charge on any atom is -0.322 e. The van der Waals surface area contributed by atoms with Crippen LogP contribution in [0.3, 0.4) is 0 Å². The topological polar surface area (TPSA) is 29.1 Å². The molecule has 2 aromatic carbocycles. The molecule has 0 aliphatic heterocycles. The molecule has 92 valence electrons. The highest BCUT2D eigenvalue weighted by molar-refractivity contribution is 6.04. The zero-order valence-corrected chi connectivity index (χ0v) is 9.08. The zero-order valence-electron chi connectivity index (χ0n) is 9.08. The first-order valence-electron chi connectivity index (χ1n) is 5.08. The van der Waals surface area contributed by atoms with Crippen molar-refractivity contribution in [3.05, 3.63) is 65.5 Å². The van der Waals surface area contributed by atoms with Gasteiger partial charge in [-0.05, 0) is 36.4 Å². The van der Waals surface area contributed by atoms with Crippen LogP contribution in [0, 0.1) is 17.5 Å². The average molecular weight is 251 g/mol. The summed E-state index contributed by atoms with van der Waals surface area (Å²) in [4.78, 5) is 11.7. The van der Waals surface area contributed by atoms with Crippen molar-refractivity contribution in [3.63, 3.8) is 0 Å². The Labute approximate surface area is 101 Å². The predicted molar refractivity (Wildman–Crippen MR) is 60.7 cm³/mol. The third kappa shape index (κ3) is 2.68. The van der Waals surface area contributed by atoms with Crippen molar-refractivity contribution >= 4 is 11.6 Å². The molecule has 0 aliphatic carbocycles. The Balaban J connectivity index is 2.16. The third-order valence-electron chi connectivity index (χ3n) is 2.28. The van der Waals surface area contributed by atoms with Crippen LogP contribution < -0.4 is 5.32 Å². The maximum atomic E-state index is 12.9. The lowest BCUT2D eigenvalue weighted by molar-refractivity contribution is 0.102. The summed E-state index contributed by atoms with van der Waals surface area (Å²) in [6, 6.07) is 7.89. The molecule has 1 N–H and O–H groups in total. The van der Waals surface area contributed by atoms with Crippen LogP contribution in [0.1, 0.15) is 10.4 Å². The van der Waals surface area contributed by atoms with E-state index in [-0.39, 0.29) is 11.3 Å². The number of carbonyl (C=O) groups excluding carboxylic acids is 1. The van der Waals surface area contributed by atoms with Gasteiger partial charge in [-0.3, -0.25) is 4.79 Å². The van der Waals surface area contributed by atoms with Gasteiger partial charge in [-0.25, -0.2) is 13.2 Å². The number of nitrogens with one attached hydrogen (secondary N) is 1. The highest BCUT2D eigenvalue weighted by Crippen LogP contribution is 2.14. The van der Waals surface area contributed by atoms with Gasteiger partial charge in [-0.15, -0.1) is 0 Å². The Morgan fingerprint density at radius 3 is 2.17 bits per heavy atom. The molecule has 0 bridgehead atoms. The molecule has 2 nitrogen and oxygen atoms in total. The van der Waals surface area contributed by atoms with E-state index in [0.717, 1.165) is 24.3 Å². The number of carbonyl (C=O) groups is 1. The van der Waals surface area contributed by atoms with E-state index >= 15 is 0 Å². The van der Waals surface area contributed by atoms with E-state index in [1.165, 1.54) is 18.2 Å². The Morgan fingerprint density at radius 1 is 0.889 bits per heavy atom. The second-order valence-corrected chi connectivity index (χ2v) is 3.59. The van der Waals surface area contributed by atoms with Gasteiger partial charge < -0.3 is 5.32 Å². The molecular weight excluding hydrogens is 243 g/mol. The molecule has 0 saturated heterocycles. The lowest BCUT2D eigenvalue weighted by atomic mass is 10.2. The summed E-state index contributed by atoms with van der Waals surface area (Å²) < 4.78 is 38.2. The molecule has 0 radical (unpaired) electrons. The SMILES string of the molecule is O=C(Nc1ccc(F)c(F)c1)c1ccc(F)cc1. The van der Waals surface area contributed by atoms with Gasteiger partial charge in [0.25, 0.3) is 5.91 Å². The summed E-state index contributed by atoms with van der Waals surface area (Å²) in [5.41, 5.74) is 0.351. The van der Waals surface area contributed by atoms with E-state index in [9.17, 15) is 18.0 Å². The van der Waals surface area contributed by atoms with Gasteiger partial charge in [0, 0.05) is 17.3 Å². The van der Waals surface area contributed by atoms with E-state index in [4.69, 9.17) is 0 Å². The standard InChI is InChI=1S/C13H8F3NO/c14-9-3-1-8(2-4-9)13(18)17-10-5-6-11(15)12(16)7-10/h1-7H,(H,17,18). The van der Waals surface area contributed by atoms with Gasteiger partial charge in [0.05, 0.1) is 0 Å².